The minimum atomic E-state index is -0.440. The molecule has 0 fully saturated rings. The first-order chi connectivity index (χ1) is 13.5. The number of hydrogen-bond donors (Lipinski definition) is 1. The van der Waals surface area contributed by atoms with Gasteiger partial charge in [0.1, 0.15) is 6.54 Å². The second kappa shape index (κ2) is 7.78. The zero-order valence-electron chi connectivity index (χ0n) is 14.7. The lowest BCUT2D eigenvalue weighted by atomic mass is 9.95. The summed E-state index contributed by atoms with van der Waals surface area (Å²) in [6.45, 7) is -0.0548. The van der Waals surface area contributed by atoms with Crippen molar-refractivity contribution >= 4 is 45.0 Å². The molecule has 4 nitrogen and oxygen atoms in total. The predicted octanol–water partition coefficient (Wildman–Crippen LogP) is 5.29. The van der Waals surface area contributed by atoms with Gasteiger partial charge in [-0.1, -0.05) is 57.9 Å². The van der Waals surface area contributed by atoms with Crippen LogP contribution in [0.25, 0.3) is 0 Å². The van der Waals surface area contributed by atoms with E-state index >= 15 is 0 Å². The Morgan fingerprint density at radius 2 is 1.75 bits per heavy atom. The van der Waals surface area contributed by atoms with Crippen LogP contribution < -0.4 is 5.32 Å². The first-order valence-corrected chi connectivity index (χ1v) is 9.91. The molecule has 3 aromatic rings. The molecular weight excluding hydrogens is 440 g/mol. The normalized spacial score (nSPS) is 16.1. The van der Waals surface area contributed by atoms with Gasteiger partial charge in [-0.2, -0.15) is 0 Å². The van der Waals surface area contributed by atoms with Gasteiger partial charge in [0.25, 0.3) is 5.91 Å². The van der Waals surface area contributed by atoms with Crippen molar-refractivity contribution in [1.82, 2.24) is 4.90 Å². The quantitative estimate of drug-likeness (QED) is 0.571. The number of carbonyl (C=O) groups is 2. The Kier molecular flexibility index (Phi) is 5.20. The van der Waals surface area contributed by atoms with Crippen molar-refractivity contribution in [3.63, 3.8) is 0 Å². The van der Waals surface area contributed by atoms with Crippen LogP contribution in [0.2, 0.25) is 5.02 Å². The Hall–Kier alpha value is -2.63. The van der Waals surface area contributed by atoms with Crippen LogP contribution in [0.5, 0.6) is 0 Å². The third kappa shape index (κ3) is 3.68. The van der Waals surface area contributed by atoms with Crippen molar-refractivity contribution in [1.29, 1.82) is 0 Å². The minimum absolute atomic E-state index is 0.0548. The highest BCUT2D eigenvalue weighted by atomic mass is 79.9. The highest BCUT2D eigenvalue weighted by Crippen LogP contribution is 2.37. The van der Waals surface area contributed by atoms with Crippen LogP contribution in [0, 0.1) is 0 Å². The molecule has 0 unspecified atom stereocenters. The van der Waals surface area contributed by atoms with Gasteiger partial charge < -0.3 is 10.2 Å². The average Bonchev–Trinajstić information content (AvgIpc) is 2.84. The van der Waals surface area contributed by atoms with Crippen LogP contribution in [0.1, 0.15) is 27.5 Å². The summed E-state index contributed by atoms with van der Waals surface area (Å²) in [5.74, 6) is -0.461. The molecule has 0 saturated carbocycles. The van der Waals surface area contributed by atoms with Crippen molar-refractivity contribution in [2.75, 3.05) is 11.9 Å². The molecule has 0 saturated heterocycles. The fourth-order valence-electron chi connectivity index (χ4n) is 3.42. The number of carbonyl (C=O) groups excluding carboxylic acids is 2. The number of anilines is 1. The van der Waals surface area contributed by atoms with E-state index in [1.54, 1.807) is 29.2 Å². The molecular formula is C22H16BrClN2O2. The molecule has 1 atom stereocenters. The summed E-state index contributed by atoms with van der Waals surface area (Å²) >= 11 is 9.65. The molecule has 0 bridgehead atoms. The number of hydrogen-bond acceptors (Lipinski definition) is 2. The third-order valence-corrected chi connectivity index (χ3v) is 5.44. The second-order valence-corrected chi connectivity index (χ2v) is 7.89. The SMILES string of the molecule is O=C1CN(C(=O)c2ccc(Br)cc2)[C@@H](c2ccccc2)c2cc(Cl)ccc2N1. The van der Waals surface area contributed by atoms with E-state index in [1.165, 1.54) is 0 Å². The van der Waals surface area contributed by atoms with Gasteiger partial charge in [-0.25, -0.2) is 0 Å². The molecule has 140 valence electrons. The van der Waals surface area contributed by atoms with E-state index in [4.69, 9.17) is 11.6 Å². The van der Waals surface area contributed by atoms with Gasteiger partial charge in [-0.05, 0) is 48.0 Å². The van der Waals surface area contributed by atoms with Crippen molar-refractivity contribution in [2.24, 2.45) is 0 Å². The Morgan fingerprint density at radius 1 is 1.04 bits per heavy atom. The lowest BCUT2D eigenvalue weighted by Gasteiger charge is -2.30. The van der Waals surface area contributed by atoms with Gasteiger partial charge in [-0.15, -0.1) is 0 Å². The zero-order chi connectivity index (χ0) is 19.7. The molecule has 1 N–H and O–H groups in total. The summed E-state index contributed by atoms with van der Waals surface area (Å²) in [6.07, 6.45) is 0. The van der Waals surface area contributed by atoms with E-state index in [1.807, 2.05) is 48.5 Å². The monoisotopic (exact) mass is 454 g/mol. The van der Waals surface area contributed by atoms with Crippen molar-refractivity contribution in [2.45, 2.75) is 6.04 Å². The molecule has 0 aliphatic carbocycles. The van der Waals surface area contributed by atoms with Gasteiger partial charge in [0.2, 0.25) is 5.91 Å². The maximum Gasteiger partial charge on any atom is 0.255 e. The van der Waals surface area contributed by atoms with E-state index in [2.05, 4.69) is 21.2 Å². The highest BCUT2D eigenvalue weighted by Gasteiger charge is 2.34. The summed E-state index contributed by atoms with van der Waals surface area (Å²) in [6, 6.07) is 21.7. The largest absolute Gasteiger partial charge is 0.324 e. The molecule has 6 heteroatoms. The van der Waals surface area contributed by atoms with Gasteiger partial charge in [0, 0.05) is 26.3 Å². The fraction of sp³-hybridized carbons (Fsp3) is 0.0909. The molecule has 28 heavy (non-hydrogen) atoms. The van der Waals surface area contributed by atoms with Crippen molar-refractivity contribution in [3.05, 3.63) is 99.0 Å². The van der Waals surface area contributed by atoms with E-state index < -0.39 is 6.04 Å². The Morgan fingerprint density at radius 3 is 2.46 bits per heavy atom. The third-order valence-electron chi connectivity index (χ3n) is 4.68. The number of benzene rings is 3. The van der Waals surface area contributed by atoms with Crippen LogP contribution in [-0.2, 0) is 4.79 Å². The zero-order valence-corrected chi connectivity index (χ0v) is 17.1. The van der Waals surface area contributed by atoms with Gasteiger partial charge >= 0.3 is 0 Å². The van der Waals surface area contributed by atoms with E-state index in [9.17, 15) is 9.59 Å². The standard InChI is InChI=1S/C22H16BrClN2O2/c23-16-8-6-15(7-9-16)22(28)26-13-20(27)25-19-11-10-17(24)12-18(19)21(26)14-4-2-1-3-5-14/h1-12,21H,13H2,(H,25,27)/t21-/m0/s1. The lowest BCUT2D eigenvalue weighted by Crippen LogP contribution is -2.38. The van der Waals surface area contributed by atoms with Gasteiger partial charge in [-0.3, -0.25) is 9.59 Å². The molecule has 0 spiro atoms. The maximum absolute atomic E-state index is 13.4. The first-order valence-electron chi connectivity index (χ1n) is 8.74. The number of amides is 2. The van der Waals surface area contributed by atoms with E-state index in [0.29, 0.717) is 16.3 Å². The molecule has 0 aromatic heterocycles. The molecule has 4 rings (SSSR count). The smallest absolute Gasteiger partial charge is 0.255 e. The average molecular weight is 456 g/mol. The number of nitrogens with zero attached hydrogens (tertiary/aromatic N) is 1. The van der Waals surface area contributed by atoms with E-state index in [0.717, 1.165) is 15.6 Å². The maximum atomic E-state index is 13.4. The van der Waals surface area contributed by atoms with Crippen LogP contribution in [0.15, 0.2) is 77.3 Å². The molecule has 1 aliphatic heterocycles. The van der Waals surface area contributed by atoms with Crippen LogP contribution in [0.3, 0.4) is 0 Å². The lowest BCUT2D eigenvalue weighted by molar-refractivity contribution is -0.117. The van der Waals surface area contributed by atoms with Crippen LogP contribution >= 0.6 is 27.5 Å². The summed E-state index contributed by atoms with van der Waals surface area (Å²) in [4.78, 5) is 27.5. The second-order valence-electron chi connectivity index (χ2n) is 6.53. The Balaban J connectivity index is 1.88. The molecule has 1 aliphatic rings. The first kappa shape index (κ1) is 18.7. The molecule has 0 radical (unpaired) electrons. The molecule has 1 heterocycles. The number of fused-ring (bicyclic) bond motifs is 1. The molecule has 2 amide bonds. The Bertz CT molecular complexity index is 1040. The number of rotatable bonds is 2. The van der Waals surface area contributed by atoms with Gasteiger partial charge in [0.05, 0.1) is 6.04 Å². The van der Waals surface area contributed by atoms with Crippen LogP contribution in [-0.4, -0.2) is 23.3 Å². The fourth-order valence-corrected chi connectivity index (χ4v) is 3.86. The number of halogens is 2. The predicted molar refractivity (Wildman–Crippen MR) is 114 cm³/mol. The summed E-state index contributed by atoms with van der Waals surface area (Å²) in [7, 11) is 0. The van der Waals surface area contributed by atoms with Crippen LogP contribution in [0.4, 0.5) is 5.69 Å². The highest BCUT2D eigenvalue weighted by molar-refractivity contribution is 9.10. The molecule has 3 aromatic carbocycles. The van der Waals surface area contributed by atoms with E-state index in [-0.39, 0.29) is 18.4 Å². The van der Waals surface area contributed by atoms with Crippen molar-refractivity contribution in [3.8, 4) is 0 Å². The summed E-state index contributed by atoms with van der Waals surface area (Å²) < 4.78 is 0.884. The Labute approximate surface area is 176 Å². The minimum Gasteiger partial charge on any atom is -0.324 e. The number of nitrogens with one attached hydrogen (secondary N) is 1. The van der Waals surface area contributed by atoms with Crippen molar-refractivity contribution < 1.29 is 9.59 Å². The topological polar surface area (TPSA) is 49.4 Å². The summed E-state index contributed by atoms with van der Waals surface area (Å²) in [5, 5.41) is 3.44. The van der Waals surface area contributed by atoms with Gasteiger partial charge in [0.15, 0.2) is 0 Å². The summed E-state index contributed by atoms with van der Waals surface area (Å²) in [5.41, 5.74) is 2.87.